The standard InChI is InChI=1S/C40H76ClN9/c1-35(2)22-28(23-36(3,4)48-35)18-15-17-21-43-34-46-32(45-33(41)47-34)31(44-30-26-39(9,10)50-40(11,12)27-30)19-14-13-16-20-42-29-24-37(5,6)49-38(7,8)25-29/h28-31,42,44,48-50H,13-27H2,1-12H3,(H,43,45,46,47). The number of rotatable bonds is 16. The molecule has 4 heterocycles. The molecule has 0 spiro atoms. The third-order valence-corrected chi connectivity index (χ3v) is 11.1. The summed E-state index contributed by atoms with van der Waals surface area (Å²) in [6.07, 6.45) is 14.9. The molecule has 0 aliphatic carbocycles. The van der Waals surface area contributed by atoms with E-state index in [2.05, 4.69) is 120 Å². The van der Waals surface area contributed by atoms with E-state index in [0.29, 0.717) is 18.0 Å². The van der Waals surface area contributed by atoms with Crippen LogP contribution in [0.5, 0.6) is 0 Å². The first-order chi connectivity index (χ1) is 23.0. The molecule has 0 radical (unpaired) electrons. The van der Waals surface area contributed by atoms with E-state index in [1.807, 2.05) is 0 Å². The lowest BCUT2D eigenvalue weighted by Crippen LogP contribution is -2.62. The first-order valence-electron chi connectivity index (χ1n) is 20.0. The summed E-state index contributed by atoms with van der Waals surface area (Å²) in [5.74, 6) is 2.12. The van der Waals surface area contributed by atoms with Crippen LogP contribution >= 0.6 is 11.6 Å². The first-order valence-corrected chi connectivity index (χ1v) is 20.4. The van der Waals surface area contributed by atoms with Crippen LogP contribution < -0.4 is 31.9 Å². The third kappa shape index (κ3) is 14.0. The van der Waals surface area contributed by atoms with Crippen molar-refractivity contribution < 1.29 is 0 Å². The lowest BCUT2D eigenvalue weighted by atomic mass is 9.74. The molecule has 1 aromatic rings. The van der Waals surface area contributed by atoms with Gasteiger partial charge in [0.05, 0.1) is 6.04 Å². The molecule has 10 heteroatoms. The van der Waals surface area contributed by atoms with Crippen molar-refractivity contribution in [3.63, 3.8) is 0 Å². The fourth-order valence-electron chi connectivity index (χ4n) is 10.5. The zero-order valence-electron chi connectivity index (χ0n) is 34.1. The maximum atomic E-state index is 6.58. The van der Waals surface area contributed by atoms with Crippen molar-refractivity contribution in [3.8, 4) is 0 Å². The van der Waals surface area contributed by atoms with Gasteiger partial charge in [-0.05, 0) is 165 Å². The van der Waals surface area contributed by atoms with E-state index in [0.717, 1.165) is 69.8 Å². The van der Waals surface area contributed by atoms with Crippen LogP contribution in [0.3, 0.4) is 0 Å². The molecule has 3 fully saturated rings. The largest absolute Gasteiger partial charge is 0.354 e. The highest BCUT2D eigenvalue weighted by Gasteiger charge is 2.40. The zero-order chi connectivity index (χ0) is 37.0. The van der Waals surface area contributed by atoms with E-state index in [1.165, 1.54) is 38.5 Å². The number of piperidine rings is 3. The highest BCUT2D eigenvalue weighted by atomic mass is 35.5. The quantitative estimate of drug-likeness (QED) is 0.0947. The van der Waals surface area contributed by atoms with Crippen molar-refractivity contribution in [2.75, 3.05) is 18.4 Å². The van der Waals surface area contributed by atoms with Crippen molar-refractivity contribution in [1.29, 1.82) is 0 Å². The molecule has 1 atom stereocenters. The lowest BCUT2D eigenvalue weighted by Gasteiger charge is -2.47. The molecule has 288 valence electrons. The van der Waals surface area contributed by atoms with Gasteiger partial charge >= 0.3 is 0 Å². The van der Waals surface area contributed by atoms with Crippen LogP contribution in [0.4, 0.5) is 5.95 Å². The van der Waals surface area contributed by atoms with E-state index < -0.39 is 0 Å². The number of hydrogen-bond donors (Lipinski definition) is 6. The summed E-state index contributed by atoms with van der Waals surface area (Å²) in [5.41, 5.74) is 0.832. The molecular weight excluding hydrogens is 642 g/mol. The molecule has 1 aromatic heterocycles. The number of aromatic nitrogens is 3. The molecule has 3 saturated heterocycles. The van der Waals surface area contributed by atoms with Gasteiger partial charge in [-0.15, -0.1) is 0 Å². The lowest BCUT2D eigenvalue weighted by molar-refractivity contribution is 0.122. The van der Waals surface area contributed by atoms with Gasteiger partial charge in [0, 0.05) is 51.9 Å². The van der Waals surface area contributed by atoms with Crippen LogP contribution in [-0.4, -0.2) is 73.4 Å². The molecule has 3 aliphatic heterocycles. The van der Waals surface area contributed by atoms with Gasteiger partial charge in [-0.3, -0.25) is 0 Å². The molecule has 9 nitrogen and oxygen atoms in total. The van der Waals surface area contributed by atoms with Gasteiger partial charge in [-0.2, -0.15) is 9.97 Å². The minimum atomic E-state index is 0.0244. The van der Waals surface area contributed by atoms with Crippen LogP contribution in [0, 0.1) is 5.92 Å². The van der Waals surface area contributed by atoms with Crippen molar-refractivity contribution in [2.24, 2.45) is 5.92 Å². The minimum Gasteiger partial charge on any atom is -0.354 e. The van der Waals surface area contributed by atoms with Crippen molar-refractivity contribution in [3.05, 3.63) is 11.1 Å². The second kappa shape index (κ2) is 16.5. The molecular formula is C40H76ClN9. The van der Waals surface area contributed by atoms with Crippen LogP contribution in [0.1, 0.15) is 178 Å². The summed E-state index contributed by atoms with van der Waals surface area (Å²) in [6, 6.07) is 0.942. The summed E-state index contributed by atoms with van der Waals surface area (Å²) in [4.78, 5) is 14.2. The Morgan fingerprint density at radius 1 is 0.600 bits per heavy atom. The molecule has 0 aromatic carbocycles. The van der Waals surface area contributed by atoms with Gasteiger partial charge in [-0.1, -0.05) is 25.7 Å². The molecule has 1 unspecified atom stereocenters. The van der Waals surface area contributed by atoms with Gasteiger partial charge in [0.1, 0.15) is 0 Å². The SMILES string of the molecule is CC1(C)CC(CCCCNc2nc(Cl)nc(C(CCCCCNC3CC(C)(C)NC(C)(C)C3)NC3CC(C)(C)NC(C)(C)C3)n2)CC(C)(C)N1. The summed E-state index contributed by atoms with van der Waals surface area (Å²) >= 11 is 6.58. The van der Waals surface area contributed by atoms with Crippen LogP contribution in [0.2, 0.25) is 5.28 Å². The second-order valence-corrected chi connectivity index (χ2v) is 20.7. The van der Waals surface area contributed by atoms with Crippen molar-refractivity contribution in [1.82, 2.24) is 41.5 Å². The maximum absolute atomic E-state index is 6.58. The minimum absolute atomic E-state index is 0.0244. The molecule has 6 N–H and O–H groups in total. The Morgan fingerprint density at radius 3 is 1.66 bits per heavy atom. The fraction of sp³-hybridized carbons (Fsp3) is 0.925. The Labute approximate surface area is 311 Å². The summed E-state index contributed by atoms with van der Waals surface area (Å²) in [6.45, 7) is 29.8. The number of unbranched alkanes of at least 4 members (excludes halogenated alkanes) is 3. The number of halogens is 1. The highest BCUT2D eigenvalue weighted by Crippen LogP contribution is 2.36. The predicted octanol–water partition coefficient (Wildman–Crippen LogP) is 8.06. The third-order valence-electron chi connectivity index (χ3n) is 11.0. The smallest absolute Gasteiger partial charge is 0.227 e. The number of anilines is 1. The van der Waals surface area contributed by atoms with Gasteiger partial charge in [0.25, 0.3) is 0 Å². The van der Waals surface area contributed by atoms with Gasteiger partial charge < -0.3 is 31.9 Å². The molecule has 50 heavy (non-hydrogen) atoms. The Kier molecular flexibility index (Phi) is 13.7. The number of nitrogens with one attached hydrogen (secondary N) is 6. The average molecular weight is 719 g/mol. The average Bonchev–Trinajstić information content (AvgIpc) is 2.88. The second-order valence-electron chi connectivity index (χ2n) is 20.4. The topological polar surface area (TPSA) is 111 Å². The van der Waals surface area contributed by atoms with E-state index in [4.69, 9.17) is 21.6 Å². The van der Waals surface area contributed by atoms with Crippen LogP contribution in [0.15, 0.2) is 0 Å². The summed E-state index contributed by atoms with van der Waals surface area (Å²) < 4.78 is 0. The van der Waals surface area contributed by atoms with Crippen molar-refractivity contribution >= 4 is 17.5 Å². The van der Waals surface area contributed by atoms with Crippen LogP contribution in [-0.2, 0) is 0 Å². The maximum Gasteiger partial charge on any atom is 0.227 e. The first kappa shape index (κ1) is 41.7. The number of nitrogens with zero attached hydrogens (tertiary/aromatic N) is 3. The number of hydrogen-bond acceptors (Lipinski definition) is 9. The predicted molar refractivity (Wildman–Crippen MR) is 212 cm³/mol. The molecule has 0 amide bonds. The Morgan fingerprint density at radius 2 is 1.10 bits per heavy atom. The Bertz CT molecular complexity index is 1180. The van der Waals surface area contributed by atoms with E-state index in [9.17, 15) is 0 Å². The zero-order valence-corrected chi connectivity index (χ0v) is 34.9. The summed E-state index contributed by atoms with van der Waals surface area (Å²) in [5, 5.41) is 23.1. The van der Waals surface area contributed by atoms with Crippen LogP contribution in [0.25, 0.3) is 0 Å². The van der Waals surface area contributed by atoms with Gasteiger partial charge in [0.2, 0.25) is 11.2 Å². The molecule has 0 bridgehead atoms. The monoisotopic (exact) mass is 718 g/mol. The van der Waals surface area contributed by atoms with Gasteiger partial charge in [-0.25, -0.2) is 4.98 Å². The highest BCUT2D eigenvalue weighted by molar-refractivity contribution is 6.28. The molecule has 0 saturated carbocycles. The molecule has 3 aliphatic rings. The van der Waals surface area contributed by atoms with Gasteiger partial charge in [0.15, 0.2) is 5.82 Å². The molecule has 4 rings (SSSR count). The normalized spacial score (nSPS) is 25.3. The van der Waals surface area contributed by atoms with Crippen molar-refractivity contribution in [2.45, 2.75) is 218 Å². The van der Waals surface area contributed by atoms with E-state index >= 15 is 0 Å². The summed E-state index contributed by atoms with van der Waals surface area (Å²) in [7, 11) is 0. The fourth-order valence-corrected chi connectivity index (χ4v) is 10.7. The van der Waals surface area contributed by atoms with E-state index in [1.54, 1.807) is 0 Å². The van der Waals surface area contributed by atoms with E-state index in [-0.39, 0.29) is 44.6 Å². The Balaban J connectivity index is 1.32. The Hall–Kier alpha value is -1.10.